The second-order valence-corrected chi connectivity index (χ2v) is 5.33. The summed E-state index contributed by atoms with van der Waals surface area (Å²) in [5.74, 6) is -0.0186. The first-order valence-corrected chi connectivity index (χ1v) is 7.05. The van der Waals surface area contributed by atoms with Crippen molar-refractivity contribution in [3.05, 3.63) is 16.4 Å². The molecule has 1 fully saturated rings. The molecule has 8 heteroatoms. The Balaban J connectivity index is 2.14. The van der Waals surface area contributed by atoms with E-state index in [1.807, 2.05) is 0 Å². The van der Waals surface area contributed by atoms with E-state index in [0.717, 1.165) is 25.7 Å². The van der Waals surface area contributed by atoms with Crippen molar-refractivity contribution >= 4 is 11.5 Å². The maximum absolute atomic E-state index is 11.1. The summed E-state index contributed by atoms with van der Waals surface area (Å²) in [6.45, 7) is 0.230. The number of nitrogens with zero attached hydrogens (tertiary/aromatic N) is 3. The lowest BCUT2D eigenvalue weighted by molar-refractivity contribution is -0.385. The van der Waals surface area contributed by atoms with Gasteiger partial charge in [-0.3, -0.25) is 10.1 Å². The lowest BCUT2D eigenvalue weighted by atomic mass is 9.94. The summed E-state index contributed by atoms with van der Waals surface area (Å²) >= 11 is 0. The number of ether oxygens (including phenoxy) is 1. The molecule has 0 bridgehead atoms. The fraction of sp³-hybridized carbons (Fsp3) is 0.692. The smallest absolute Gasteiger partial charge is 0.372 e. The molecular weight excluding hydrogens is 276 g/mol. The van der Waals surface area contributed by atoms with Crippen molar-refractivity contribution in [1.82, 2.24) is 9.97 Å². The van der Waals surface area contributed by atoms with Crippen molar-refractivity contribution in [2.45, 2.75) is 44.1 Å². The molecular formula is C13H20N4O4. The second-order valence-electron chi connectivity index (χ2n) is 5.33. The first-order chi connectivity index (χ1) is 10.1. The van der Waals surface area contributed by atoms with Gasteiger partial charge < -0.3 is 15.2 Å². The van der Waals surface area contributed by atoms with Gasteiger partial charge in [-0.05, 0) is 12.8 Å². The van der Waals surface area contributed by atoms with Crippen molar-refractivity contribution in [3.63, 3.8) is 0 Å². The molecule has 1 heterocycles. The van der Waals surface area contributed by atoms with E-state index in [4.69, 9.17) is 4.74 Å². The monoisotopic (exact) mass is 296 g/mol. The predicted octanol–water partition coefficient (Wildman–Crippen LogP) is 1.89. The predicted molar refractivity (Wildman–Crippen MR) is 76.4 cm³/mol. The molecule has 0 spiro atoms. The molecule has 0 radical (unpaired) electrons. The quantitative estimate of drug-likeness (QED) is 0.485. The summed E-state index contributed by atoms with van der Waals surface area (Å²) in [4.78, 5) is 18.2. The van der Waals surface area contributed by atoms with Gasteiger partial charge in [0.1, 0.15) is 6.33 Å². The van der Waals surface area contributed by atoms with Crippen LogP contribution in [0, 0.1) is 10.1 Å². The zero-order valence-corrected chi connectivity index (χ0v) is 12.0. The van der Waals surface area contributed by atoms with E-state index >= 15 is 0 Å². The van der Waals surface area contributed by atoms with E-state index in [0.29, 0.717) is 12.8 Å². The zero-order chi connectivity index (χ0) is 15.3. The van der Waals surface area contributed by atoms with Crippen LogP contribution in [0.2, 0.25) is 0 Å². The summed E-state index contributed by atoms with van der Waals surface area (Å²) in [6.07, 6.45) is 6.74. The maximum Gasteiger partial charge on any atom is 0.372 e. The molecule has 0 amide bonds. The molecule has 0 aromatic carbocycles. The van der Waals surface area contributed by atoms with Crippen molar-refractivity contribution < 1.29 is 14.8 Å². The van der Waals surface area contributed by atoms with Gasteiger partial charge in [-0.25, -0.2) is 4.98 Å². The normalized spacial score (nSPS) is 17.8. The molecule has 2 N–H and O–H groups in total. The summed E-state index contributed by atoms with van der Waals surface area (Å²) in [5.41, 5.74) is -1.15. The Morgan fingerprint density at radius 2 is 2.05 bits per heavy atom. The van der Waals surface area contributed by atoms with E-state index < -0.39 is 10.5 Å². The molecule has 1 saturated carbocycles. The highest BCUT2D eigenvalue weighted by molar-refractivity contribution is 5.61. The number of aromatic nitrogens is 2. The Kier molecular flexibility index (Phi) is 4.89. The Hall–Kier alpha value is -1.96. The van der Waals surface area contributed by atoms with E-state index in [1.165, 1.54) is 13.4 Å². The minimum atomic E-state index is -0.845. The molecule has 116 valence electrons. The van der Waals surface area contributed by atoms with Crippen molar-refractivity contribution in [2.24, 2.45) is 0 Å². The molecule has 0 saturated heterocycles. The molecule has 1 aromatic rings. The summed E-state index contributed by atoms with van der Waals surface area (Å²) in [6, 6.07) is 0. The minimum Gasteiger partial charge on any atom is -0.476 e. The van der Waals surface area contributed by atoms with Crippen LogP contribution in [-0.2, 0) is 0 Å². The number of anilines is 1. The van der Waals surface area contributed by atoms with E-state index in [1.54, 1.807) is 0 Å². The number of aliphatic hydroxyl groups is 1. The highest BCUT2D eigenvalue weighted by Gasteiger charge is 2.30. The molecule has 1 aliphatic rings. The largest absolute Gasteiger partial charge is 0.476 e. The van der Waals surface area contributed by atoms with Crippen LogP contribution in [-0.4, -0.2) is 39.3 Å². The highest BCUT2D eigenvalue weighted by atomic mass is 16.6. The molecule has 1 aliphatic carbocycles. The van der Waals surface area contributed by atoms with Crippen molar-refractivity contribution in [2.75, 3.05) is 19.0 Å². The molecule has 0 unspecified atom stereocenters. The van der Waals surface area contributed by atoms with Crippen LogP contribution in [0.25, 0.3) is 0 Å². The zero-order valence-electron chi connectivity index (χ0n) is 12.0. The molecule has 8 nitrogen and oxygen atoms in total. The van der Waals surface area contributed by atoms with Gasteiger partial charge in [0.25, 0.3) is 5.88 Å². The van der Waals surface area contributed by atoms with Crippen LogP contribution in [0.5, 0.6) is 5.88 Å². The second kappa shape index (κ2) is 6.66. The number of nitrogens with one attached hydrogen (secondary N) is 1. The molecule has 2 rings (SSSR count). The number of hydrogen-bond donors (Lipinski definition) is 2. The molecule has 0 atom stereocenters. The van der Waals surface area contributed by atoms with Crippen LogP contribution in [0.3, 0.4) is 0 Å². The molecule has 0 aliphatic heterocycles. The van der Waals surface area contributed by atoms with Crippen molar-refractivity contribution in [3.8, 4) is 5.88 Å². The van der Waals surface area contributed by atoms with Gasteiger partial charge in [0.05, 0.1) is 17.6 Å². The third-order valence-corrected chi connectivity index (χ3v) is 3.78. The summed E-state index contributed by atoms with van der Waals surface area (Å²) in [5, 5.41) is 24.6. The van der Waals surface area contributed by atoms with Crippen LogP contribution in [0.15, 0.2) is 6.33 Å². The van der Waals surface area contributed by atoms with Gasteiger partial charge >= 0.3 is 5.69 Å². The number of nitro groups is 1. The van der Waals surface area contributed by atoms with Gasteiger partial charge in [0, 0.05) is 6.54 Å². The lowest BCUT2D eigenvalue weighted by Crippen LogP contribution is -2.36. The fourth-order valence-electron chi connectivity index (χ4n) is 2.62. The van der Waals surface area contributed by atoms with Gasteiger partial charge in [-0.15, -0.1) is 0 Å². The van der Waals surface area contributed by atoms with E-state index in [-0.39, 0.29) is 23.9 Å². The SMILES string of the molecule is COc1ncnc(NCC2(O)CCCCCC2)c1[N+](=O)[O-]. The lowest BCUT2D eigenvalue weighted by Gasteiger charge is -2.26. The Bertz CT molecular complexity index is 501. The molecule has 21 heavy (non-hydrogen) atoms. The maximum atomic E-state index is 11.1. The topological polar surface area (TPSA) is 110 Å². The van der Waals surface area contributed by atoms with Gasteiger partial charge in [0.2, 0.25) is 5.82 Å². The van der Waals surface area contributed by atoms with Gasteiger partial charge in [0.15, 0.2) is 0 Å². The molecule has 1 aromatic heterocycles. The van der Waals surface area contributed by atoms with Gasteiger partial charge in [-0.2, -0.15) is 4.98 Å². The minimum absolute atomic E-state index is 0.0736. The van der Waals surface area contributed by atoms with Crippen LogP contribution < -0.4 is 10.1 Å². The van der Waals surface area contributed by atoms with Gasteiger partial charge in [-0.1, -0.05) is 25.7 Å². The Morgan fingerprint density at radius 3 is 2.62 bits per heavy atom. The standard InChI is InChI=1S/C13H20N4O4/c1-21-12-10(17(19)20)11(15-9-16-12)14-8-13(18)6-4-2-3-5-7-13/h9,18H,2-8H2,1H3,(H,14,15,16). The number of hydrogen-bond acceptors (Lipinski definition) is 7. The van der Waals surface area contributed by atoms with Crippen molar-refractivity contribution in [1.29, 1.82) is 0 Å². The van der Waals surface area contributed by atoms with Crippen LogP contribution in [0.4, 0.5) is 11.5 Å². The Labute approximate surface area is 122 Å². The van der Waals surface area contributed by atoms with E-state index in [9.17, 15) is 15.2 Å². The average molecular weight is 296 g/mol. The van der Waals surface area contributed by atoms with E-state index in [2.05, 4.69) is 15.3 Å². The third kappa shape index (κ3) is 3.78. The number of methoxy groups -OCH3 is 1. The van der Waals surface area contributed by atoms with Crippen LogP contribution in [0.1, 0.15) is 38.5 Å². The fourth-order valence-corrected chi connectivity index (χ4v) is 2.62. The number of rotatable bonds is 5. The Morgan fingerprint density at radius 1 is 1.38 bits per heavy atom. The summed E-state index contributed by atoms with van der Waals surface area (Å²) < 4.78 is 4.89. The highest BCUT2D eigenvalue weighted by Crippen LogP contribution is 2.32. The van der Waals surface area contributed by atoms with Crippen LogP contribution >= 0.6 is 0 Å². The third-order valence-electron chi connectivity index (χ3n) is 3.78. The average Bonchev–Trinajstić information content (AvgIpc) is 2.69. The summed E-state index contributed by atoms with van der Waals surface area (Å²) in [7, 11) is 1.32. The first-order valence-electron chi connectivity index (χ1n) is 7.05. The first kappa shape index (κ1) is 15.4.